The highest BCUT2D eigenvalue weighted by atomic mass is 79.9. The molecule has 0 spiro atoms. The molecular weight excluding hydrogens is 264 g/mol. The molecule has 0 radical (unpaired) electrons. The van der Waals surface area contributed by atoms with E-state index in [2.05, 4.69) is 47.1 Å². The zero-order chi connectivity index (χ0) is 11.4. The Morgan fingerprint density at radius 2 is 2.00 bits per heavy atom. The molecule has 1 saturated carbocycles. The van der Waals surface area contributed by atoms with Crippen molar-refractivity contribution in [3.8, 4) is 5.75 Å². The van der Waals surface area contributed by atoms with E-state index in [-0.39, 0.29) is 0 Å². The smallest absolute Gasteiger partial charge is 0.119 e. The van der Waals surface area contributed by atoms with Gasteiger partial charge in [0.05, 0.1) is 6.10 Å². The Labute approximate surface area is 106 Å². The average molecular weight is 283 g/mol. The SMILES string of the molecule is CC1CCCC(Oc2ccc(CBr)cc2)C1. The van der Waals surface area contributed by atoms with Crippen LogP contribution < -0.4 is 4.74 Å². The van der Waals surface area contributed by atoms with E-state index in [0.717, 1.165) is 17.0 Å². The molecule has 1 aliphatic carbocycles. The van der Waals surface area contributed by atoms with Gasteiger partial charge in [0.1, 0.15) is 5.75 Å². The van der Waals surface area contributed by atoms with Crippen LogP contribution in [0.25, 0.3) is 0 Å². The summed E-state index contributed by atoms with van der Waals surface area (Å²) in [6.45, 7) is 2.32. The lowest BCUT2D eigenvalue weighted by molar-refractivity contribution is 0.129. The van der Waals surface area contributed by atoms with Crippen LogP contribution in [0.3, 0.4) is 0 Å². The maximum atomic E-state index is 6.01. The molecule has 2 heteroatoms. The first kappa shape index (κ1) is 12.0. The Morgan fingerprint density at radius 3 is 2.62 bits per heavy atom. The fourth-order valence-corrected chi connectivity index (χ4v) is 2.71. The number of rotatable bonds is 3. The first-order chi connectivity index (χ1) is 7.78. The summed E-state index contributed by atoms with van der Waals surface area (Å²) in [7, 11) is 0. The molecule has 1 aromatic carbocycles. The van der Waals surface area contributed by atoms with Gasteiger partial charge < -0.3 is 4.74 Å². The average Bonchev–Trinajstić information content (AvgIpc) is 2.30. The molecule has 1 aliphatic rings. The van der Waals surface area contributed by atoms with Crippen LogP contribution in [0.2, 0.25) is 0 Å². The van der Waals surface area contributed by atoms with Crippen molar-refractivity contribution in [2.45, 2.75) is 44.0 Å². The minimum Gasteiger partial charge on any atom is -0.490 e. The molecule has 0 amide bonds. The van der Waals surface area contributed by atoms with Gasteiger partial charge in [-0.1, -0.05) is 41.4 Å². The van der Waals surface area contributed by atoms with E-state index < -0.39 is 0 Å². The van der Waals surface area contributed by atoms with E-state index in [1.807, 2.05) is 0 Å². The lowest BCUT2D eigenvalue weighted by atomic mass is 9.89. The number of hydrogen-bond donors (Lipinski definition) is 0. The van der Waals surface area contributed by atoms with Gasteiger partial charge >= 0.3 is 0 Å². The molecule has 1 fully saturated rings. The maximum Gasteiger partial charge on any atom is 0.119 e. The summed E-state index contributed by atoms with van der Waals surface area (Å²) in [5, 5.41) is 0.910. The highest BCUT2D eigenvalue weighted by molar-refractivity contribution is 9.08. The van der Waals surface area contributed by atoms with Gasteiger partial charge in [0.2, 0.25) is 0 Å². The van der Waals surface area contributed by atoms with Gasteiger partial charge in [0.15, 0.2) is 0 Å². The van der Waals surface area contributed by atoms with Gasteiger partial charge in [-0.05, 0) is 42.9 Å². The molecular formula is C14H19BrO. The predicted octanol–water partition coefficient (Wildman–Crippen LogP) is 4.54. The number of hydrogen-bond acceptors (Lipinski definition) is 1. The van der Waals surface area contributed by atoms with Crippen molar-refractivity contribution >= 4 is 15.9 Å². The molecule has 0 saturated heterocycles. The second-order valence-corrected chi connectivity index (χ2v) is 5.35. The van der Waals surface area contributed by atoms with Crippen molar-refractivity contribution in [3.63, 3.8) is 0 Å². The van der Waals surface area contributed by atoms with E-state index in [1.54, 1.807) is 0 Å². The topological polar surface area (TPSA) is 9.23 Å². The summed E-state index contributed by atoms with van der Waals surface area (Å²) in [5.74, 6) is 1.84. The van der Waals surface area contributed by atoms with Crippen LogP contribution in [-0.2, 0) is 5.33 Å². The van der Waals surface area contributed by atoms with E-state index in [9.17, 15) is 0 Å². The third-order valence-corrected chi connectivity index (χ3v) is 3.92. The molecule has 0 aliphatic heterocycles. The van der Waals surface area contributed by atoms with Gasteiger partial charge in [0.25, 0.3) is 0 Å². The van der Waals surface area contributed by atoms with E-state index >= 15 is 0 Å². The highest BCUT2D eigenvalue weighted by Crippen LogP contribution is 2.27. The largest absolute Gasteiger partial charge is 0.490 e. The summed E-state index contributed by atoms with van der Waals surface area (Å²) in [5.41, 5.74) is 1.30. The molecule has 0 bridgehead atoms. The molecule has 88 valence electrons. The fourth-order valence-electron chi connectivity index (χ4n) is 2.34. The summed E-state index contributed by atoms with van der Waals surface area (Å²) in [4.78, 5) is 0. The fraction of sp³-hybridized carbons (Fsp3) is 0.571. The number of benzene rings is 1. The lowest BCUT2D eigenvalue weighted by Gasteiger charge is -2.27. The van der Waals surface area contributed by atoms with E-state index in [4.69, 9.17) is 4.74 Å². The molecule has 1 nitrogen and oxygen atoms in total. The predicted molar refractivity (Wildman–Crippen MR) is 71.1 cm³/mol. The van der Waals surface area contributed by atoms with Gasteiger partial charge in [-0.15, -0.1) is 0 Å². The molecule has 0 heterocycles. The van der Waals surface area contributed by atoms with Crippen LogP contribution in [-0.4, -0.2) is 6.10 Å². The molecule has 1 aromatic rings. The van der Waals surface area contributed by atoms with E-state index in [0.29, 0.717) is 6.10 Å². The molecule has 2 atom stereocenters. The van der Waals surface area contributed by atoms with Gasteiger partial charge in [-0.3, -0.25) is 0 Å². The Bertz CT molecular complexity index is 320. The minimum absolute atomic E-state index is 0.429. The zero-order valence-electron chi connectivity index (χ0n) is 9.79. The Balaban J connectivity index is 1.92. The van der Waals surface area contributed by atoms with Crippen LogP contribution in [0.5, 0.6) is 5.75 Å². The first-order valence-corrected chi connectivity index (χ1v) is 7.21. The molecule has 0 N–H and O–H groups in total. The monoisotopic (exact) mass is 282 g/mol. The summed E-state index contributed by atoms with van der Waals surface area (Å²) in [6.07, 6.45) is 5.52. The number of ether oxygens (including phenoxy) is 1. The minimum atomic E-state index is 0.429. The quantitative estimate of drug-likeness (QED) is 0.740. The lowest BCUT2D eigenvalue weighted by Crippen LogP contribution is -2.24. The van der Waals surface area contributed by atoms with Gasteiger partial charge in [-0.25, -0.2) is 0 Å². The Hall–Kier alpha value is -0.500. The maximum absolute atomic E-state index is 6.01. The number of halogens is 1. The van der Waals surface area contributed by atoms with E-state index in [1.165, 1.54) is 31.2 Å². The van der Waals surface area contributed by atoms with Crippen molar-refractivity contribution in [3.05, 3.63) is 29.8 Å². The van der Waals surface area contributed by atoms with Crippen molar-refractivity contribution in [2.24, 2.45) is 5.92 Å². The summed E-state index contributed by atoms with van der Waals surface area (Å²) < 4.78 is 6.01. The van der Waals surface area contributed by atoms with Crippen molar-refractivity contribution in [2.75, 3.05) is 0 Å². The second kappa shape index (κ2) is 5.72. The Kier molecular flexibility index (Phi) is 4.28. The third kappa shape index (κ3) is 3.24. The molecule has 0 aromatic heterocycles. The first-order valence-electron chi connectivity index (χ1n) is 6.09. The summed E-state index contributed by atoms with van der Waals surface area (Å²) in [6, 6.07) is 8.40. The molecule has 2 unspecified atom stereocenters. The second-order valence-electron chi connectivity index (χ2n) is 4.79. The van der Waals surface area contributed by atoms with Crippen LogP contribution >= 0.6 is 15.9 Å². The van der Waals surface area contributed by atoms with Crippen LogP contribution in [0.4, 0.5) is 0 Å². The molecule has 16 heavy (non-hydrogen) atoms. The zero-order valence-corrected chi connectivity index (χ0v) is 11.4. The Morgan fingerprint density at radius 1 is 1.25 bits per heavy atom. The molecule has 2 rings (SSSR count). The van der Waals surface area contributed by atoms with Crippen molar-refractivity contribution in [1.82, 2.24) is 0 Å². The van der Waals surface area contributed by atoms with Crippen molar-refractivity contribution < 1.29 is 4.74 Å². The van der Waals surface area contributed by atoms with Crippen LogP contribution in [0.1, 0.15) is 38.2 Å². The van der Waals surface area contributed by atoms with Crippen LogP contribution in [0, 0.1) is 5.92 Å². The third-order valence-electron chi connectivity index (χ3n) is 3.27. The van der Waals surface area contributed by atoms with Gasteiger partial charge in [0, 0.05) is 5.33 Å². The van der Waals surface area contributed by atoms with Crippen molar-refractivity contribution in [1.29, 1.82) is 0 Å². The number of alkyl halides is 1. The van der Waals surface area contributed by atoms with Gasteiger partial charge in [-0.2, -0.15) is 0 Å². The normalized spacial score (nSPS) is 25.4. The highest BCUT2D eigenvalue weighted by Gasteiger charge is 2.19. The standard InChI is InChI=1S/C14H19BrO/c1-11-3-2-4-14(9-11)16-13-7-5-12(10-15)6-8-13/h5-8,11,14H,2-4,9-10H2,1H3. The van der Waals surface area contributed by atoms with Crippen LogP contribution in [0.15, 0.2) is 24.3 Å². The summed E-state index contributed by atoms with van der Waals surface area (Å²) >= 11 is 3.45.